The van der Waals surface area contributed by atoms with Crippen LogP contribution in [0.25, 0.3) is 11.3 Å². The third-order valence-corrected chi connectivity index (χ3v) is 6.75. The number of rotatable bonds is 7. The van der Waals surface area contributed by atoms with Crippen LogP contribution in [0.5, 0.6) is 0 Å². The summed E-state index contributed by atoms with van der Waals surface area (Å²) in [6.07, 6.45) is 2.48. The predicted molar refractivity (Wildman–Crippen MR) is 116 cm³/mol. The molecule has 0 saturated carbocycles. The molecule has 5 nitrogen and oxygen atoms in total. The Morgan fingerprint density at radius 3 is 2.64 bits per heavy atom. The number of urea groups is 1. The second kappa shape index (κ2) is 9.32. The summed E-state index contributed by atoms with van der Waals surface area (Å²) < 4.78 is 0. The minimum atomic E-state index is -0.141. The van der Waals surface area contributed by atoms with E-state index in [1.165, 1.54) is 17.7 Å². The van der Waals surface area contributed by atoms with Gasteiger partial charge in [-0.25, -0.2) is 9.78 Å². The van der Waals surface area contributed by atoms with Crippen molar-refractivity contribution < 1.29 is 4.79 Å². The molecule has 0 radical (unpaired) electrons. The molecule has 7 heteroatoms. The maximum Gasteiger partial charge on any atom is 0.315 e. The van der Waals surface area contributed by atoms with Crippen LogP contribution in [0, 0.1) is 0 Å². The van der Waals surface area contributed by atoms with E-state index in [2.05, 4.69) is 38.0 Å². The van der Waals surface area contributed by atoms with Crippen LogP contribution < -0.4 is 10.6 Å². The summed E-state index contributed by atoms with van der Waals surface area (Å²) in [5.74, 6) is 0. The number of nitrogens with one attached hydrogen (secondary N) is 2. The van der Waals surface area contributed by atoms with Crippen LogP contribution in [0.4, 0.5) is 4.79 Å². The van der Waals surface area contributed by atoms with Crippen molar-refractivity contribution in [1.82, 2.24) is 20.5 Å². The van der Waals surface area contributed by atoms with Gasteiger partial charge in [-0.05, 0) is 37.4 Å². The van der Waals surface area contributed by atoms with Crippen LogP contribution in [0.2, 0.25) is 0 Å². The second-order valence-corrected chi connectivity index (χ2v) is 8.75. The van der Waals surface area contributed by atoms with Crippen molar-refractivity contribution in [2.24, 2.45) is 0 Å². The molecule has 2 amide bonds. The molecule has 1 aliphatic heterocycles. The number of aromatic nitrogens is 1. The van der Waals surface area contributed by atoms with Gasteiger partial charge in [0.15, 0.2) is 0 Å². The van der Waals surface area contributed by atoms with Gasteiger partial charge in [-0.2, -0.15) is 0 Å². The molecule has 1 unspecified atom stereocenters. The largest absolute Gasteiger partial charge is 0.336 e. The monoisotopic (exact) mass is 412 g/mol. The van der Waals surface area contributed by atoms with E-state index >= 15 is 0 Å². The van der Waals surface area contributed by atoms with Gasteiger partial charge in [0.25, 0.3) is 0 Å². The third-order valence-electron chi connectivity index (χ3n) is 4.93. The van der Waals surface area contributed by atoms with Gasteiger partial charge in [0.05, 0.1) is 18.3 Å². The smallest absolute Gasteiger partial charge is 0.315 e. The van der Waals surface area contributed by atoms with Crippen molar-refractivity contribution in [1.29, 1.82) is 0 Å². The summed E-state index contributed by atoms with van der Waals surface area (Å²) in [7, 11) is 0. The molecule has 3 heterocycles. The lowest BCUT2D eigenvalue weighted by molar-refractivity contribution is 0.222. The summed E-state index contributed by atoms with van der Waals surface area (Å²) in [4.78, 5) is 20.7. The molecule has 1 aliphatic rings. The zero-order valence-electron chi connectivity index (χ0n) is 15.6. The number of amides is 2. The number of likely N-dealkylation sites (tertiary alicyclic amines) is 1. The summed E-state index contributed by atoms with van der Waals surface area (Å²) in [6, 6.07) is 14.5. The van der Waals surface area contributed by atoms with Crippen molar-refractivity contribution in [3.05, 3.63) is 63.1 Å². The Balaban J connectivity index is 1.29. The van der Waals surface area contributed by atoms with E-state index < -0.39 is 0 Å². The summed E-state index contributed by atoms with van der Waals surface area (Å²) in [5, 5.41) is 11.0. The molecule has 3 aromatic rings. The van der Waals surface area contributed by atoms with Crippen LogP contribution in [0.15, 0.2) is 53.2 Å². The predicted octanol–water partition coefficient (Wildman–Crippen LogP) is 4.51. The topological polar surface area (TPSA) is 57.3 Å². The third kappa shape index (κ3) is 4.79. The van der Waals surface area contributed by atoms with Crippen LogP contribution in [0.3, 0.4) is 0 Å². The highest BCUT2D eigenvalue weighted by Crippen LogP contribution is 2.27. The van der Waals surface area contributed by atoms with Gasteiger partial charge in [-0.1, -0.05) is 36.4 Å². The number of hydrogen-bond donors (Lipinski definition) is 2. The number of thiophene rings is 1. The van der Waals surface area contributed by atoms with Gasteiger partial charge in [0.2, 0.25) is 0 Å². The summed E-state index contributed by atoms with van der Waals surface area (Å²) in [6.45, 7) is 3.27. The van der Waals surface area contributed by atoms with E-state index in [0.717, 1.165) is 29.4 Å². The van der Waals surface area contributed by atoms with E-state index in [4.69, 9.17) is 0 Å². The molecule has 0 spiro atoms. The minimum Gasteiger partial charge on any atom is -0.336 e. The van der Waals surface area contributed by atoms with Gasteiger partial charge >= 0.3 is 6.03 Å². The SMILES string of the molecule is O=C(NCc1nc(-c2ccccc2)cs1)NCC(c1cccs1)N1CCCC1. The maximum absolute atomic E-state index is 12.3. The first kappa shape index (κ1) is 19.1. The summed E-state index contributed by atoms with van der Waals surface area (Å²) in [5.41, 5.74) is 2.05. The second-order valence-electron chi connectivity index (χ2n) is 6.83. The highest BCUT2D eigenvalue weighted by Gasteiger charge is 2.24. The van der Waals surface area contributed by atoms with Gasteiger partial charge < -0.3 is 10.6 Å². The molecule has 28 heavy (non-hydrogen) atoms. The van der Waals surface area contributed by atoms with E-state index in [0.29, 0.717) is 13.1 Å². The Labute approximate surface area is 173 Å². The maximum atomic E-state index is 12.3. The lowest BCUT2D eigenvalue weighted by atomic mass is 10.2. The molecule has 1 saturated heterocycles. The van der Waals surface area contributed by atoms with Crippen LogP contribution in [-0.4, -0.2) is 35.5 Å². The minimum absolute atomic E-state index is 0.141. The first-order chi connectivity index (χ1) is 13.8. The molecular formula is C21H24N4OS2. The molecule has 1 atom stereocenters. The average molecular weight is 413 g/mol. The average Bonchev–Trinajstić information content (AvgIpc) is 3.50. The fourth-order valence-electron chi connectivity index (χ4n) is 3.49. The Morgan fingerprint density at radius 2 is 1.89 bits per heavy atom. The lowest BCUT2D eigenvalue weighted by Crippen LogP contribution is -2.41. The number of carbonyl (C=O) groups excluding carboxylic acids is 1. The number of carbonyl (C=O) groups is 1. The van der Waals surface area contributed by atoms with Gasteiger partial charge in [-0.15, -0.1) is 22.7 Å². The van der Waals surface area contributed by atoms with E-state index in [1.54, 1.807) is 22.7 Å². The molecule has 2 aromatic heterocycles. The van der Waals surface area contributed by atoms with Crippen molar-refractivity contribution in [3.8, 4) is 11.3 Å². The zero-order valence-corrected chi connectivity index (χ0v) is 17.3. The van der Waals surface area contributed by atoms with E-state index in [9.17, 15) is 4.79 Å². The van der Waals surface area contributed by atoms with Gasteiger partial charge in [0, 0.05) is 22.4 Å². The molecule has 1 fully saturated rings. The van der Waals surface area contributed by atoms with E-state index in [-0.39, 0.29) is 12.1 Å². The molecule has 0 aliphatic carbocycles. The number of benzene rings is 1. The Morgan fingerprint density at radius 1 is 1.07 bits per heavy atom. The van der Waals surface area contributed by atoms with Crippen molar-refractivity contribution in [2.75, 3.05) is 19.6 Å². The Bertz CT molecular complexity index is 873. The highest BCUT2D eigenvalue weighted by atomic mass is 32.1. The highest BCUT2D eigenvalue weighted by molar-refractivity contribution is 7.10. The molecular weight excluding hydrogens is 388 g/mol. The van der Waals surface area contributed by atoms with Crippen molar-refractivity contribution >= 4 is 28.7 Å². The summed E-state index contributed by atoms with van der Waals surface area (Å²) >= 11 is 3.33. The Kier molecular flexibility index (Phi) is 6.36. The van der Waals surface area contributed by atoms with Gasteiger partial charge in [-0.3, -0.25) is 4.90 Å². The van der Waals surface area contributed by atoms with Crippen LogP contribution >= 0.6 is 22.7 Å². The molecule has 146 valence electrons. The normalized spacial score (nSPS) is 15.4. The molecule has 1 aromatic carbocycles. The van der Waals surface area contributed by atoms with Gasteiger partial charge in [0.1, 0.15) is 5.01 Å². The van der Waals surface area contributed by atoms with Crippen LogP contribution in [0.1, 0.15) is 28.8 Å². The number of hydrogen-bond acceptors (Lipinski definition) is 5. The molecule has 0 bridgehead atoms. The molecule has 4 rings (SSSR count). The Hall–Kier alpha value is -2.22. The standard InChI is InChI=1S/C21H24N4OS2/c26-21(22-13-18(19-9-6-12-27-19)25-10-4-5-11-25)23-14-20-24-17(15-28-20)16-7-2-1-3-8-16/h1-3,6-9,12,15,18H,4-5,10-11,13-14H2,(H2,22,23,26). The van der Waals surface area contributed by atoms with Crippen molar-refractivity contribution in [2.45, 2.75) is 25.4 Å². The molecule has 2 N–H and O–H groups in total. The number of nitrogens with zero attached hydrogens (tertiary/aromatic N) is 2. The van der Waals surface area contributed by atoms with Crippen molar-refractivity contribution in [3.63, 3.8) is 0 Å². The lowest BCUT2D eigenvalue weighted by Gasteiger charge is -2.26. The fourth-order valence-corrected chi connectivity index (χ4v) is 5.09. The first-order valence-corrected chi connectivity index (χ1v) is 11.3. The zero-order chi connectivity index (χ0) is 19.2. The quantitative estimate of drug-likeness (QED) is 0.600. The number of thiazole rings is 1. The van der Waals surface area contributed by atoms with Crippen LogP contribution in [-0.2, 0) is 6.54 Å². The fraction of sp³-hybridized carbons (Fsp3) is 0.333. The first-order valence-electron chi connectivity index (χ1n) is 9.58. The van der Waals surface area contributed by atoms with E-state index in [1.807, 2.05) is 35.7 Å².